The van der Waals surface area contributed by atoms with Crippen LogP contribution < -0.4 is 14.9 Å². The number of cyclic esters (lactones) is 1. The molecule has 3 rings (SSSR count). The van der Waals surface area contributed by atoms with Crippen molar-refractivity contribution >= 4 is 34.5 Å². The number of piperazine rings is 1. The molecule has 2 saturated heterocycles. The maximum atomic E-state index is 14.8. The molecule has 2 aliphatic heterocycles. The van der Waals surface area contributed by atoms with E-state index in [1.54, 1.807) is 0 Å². The minimum Gasteiger partial charge on any atom is -0.627 e. The molecule has 2 aliphatic rings. The van der Waals surface area contributed by atoms with Gasteiger partial charge in [-0.1, -0.05) is 0 Å². The molecule has 0 aliphatic carbocycles. The van der Waals surface area contributed by atoms with Crippen molar-refractivity contribution < 1.29 is 27.2 Å². The molecular formula is C17H23FN4O6S. The normalized spacial score (nSPS) is 23.0. The predicted octanol–water partition coefficient (Wildman–Crippen LogP) is 0.633. The standard InChI is InChI=1S/C17H23FN4O6S/c1-12(23)19-10-14-11-21(17(24)27-14)13-3-4-16(15(18)9-13)22(25)7-5-20(6-8-22)28-29(2)26/h3-4,9,14H,5-8,10-11H2,1-2H3,(H,19,23)/t14-,29?/m0/s1. The van der Waals surface area contributed by atoms with Crippen LogP contribution in [0, 0.1) is 11.0 Å². The lowest BCUT2D eigenvalue weighted by Crippen LogP contribution is -2.57. The van der Waals surface area contributed by atoms with Crippen LogP contribution in [0.15, 0.2) is 18.2 Å². The Hall–Kier alpha value is -2.12. The van der Waals surface area contributed by atoms with E-state index in [9.17, 15) is 23.4 Å². The third-order valence-corrected chi connectivity index (χ3v) is 5.19. The highest BCUT2D eigenvalue weighted by Gasteiger charge is 2.35. The van der Waals surface area contributed by atoms with Crippen molar-refractivity contribution in [2.24, 2.45) is 0 Å². The molecule has 12 heteroatoms. The summed E-state index contributed by atoms with van der Waals surface area (Å²) in [6, 6.07) is 4.02. The first-order valence-corrected chi connectivity index (χ1v) is 10.5. The third-order valence-electron chi connectivity index (χ3n) is 4.77. The highest BCUT2D eigenvalue weighted by Crippen LogP contribution is 2.32. The Morgan fingerprint density at radius 1 is 1.45 bits per heavy atom. The minimum atomic E-state index is -1.48. The maximum absolute atomic E-state index is 14.8. The molecule has 1 N–H and O–H groups in total. The maximum Gasteiger partial charge on any atom is 0.414 e. The molecule has 0 radical (unpaired) electrons. The van der Waals surface area contributed by atoms with E-state index in [2.05, 4.69) is 5.32 Å². The smallest absolute Gasteiger partial charge is 0.414 e. The summed E-state index contributed by atoms with van der Waals surface area (Å²) in [7, 11) is 0. The number of hydrogen-bond acceptors (Lipinski definition) is 7. The van der Waals surface area contributed by atoms with Gasteiger partial charge in [0.05, 0.1) is 45.0 Å². The van der Waals surface area contributed by atoms with Gasteiger partial charge in [0, 0.05) is 25.3 Å². The summed E-state index contributed by atoms with van der Waals surface area (Å²) < 4.78 is 35.3. The van der Waals surface area contributed by atoms with Gasteiger partial charge in [0.1, 0.15) is 6.10 Å². The lowest BCUT2D eigenvalue weighted by Gasteiger charge is -2.46. The fourth-order valence-electron chi connectivity index (χ4n) is 3.32. The molecule has 0 aromatic heterocycles. The molecule has 1 aromatic rings. The summed E-state index contributed by atoms with van der Waals surface area (Å²) in [6.07, 6.45) is 0.206. The van der Waals surface area contributed by atoms with Crippen molar-refractivity contribution in [3.05, 3.63) is 29.2 Å². The average molecular weight is 430 g/mol. The Bertz CT molecular complexity index is 817. The zero-order valence-electron chi connectivity index (χ0n) is 16.1. The molecule has 0 bridgehead atoms. The topological polar surface area (TPSA) is 111 Å². The van der Waals surface area contributed by atoms with Crippen molar-refractivity contribution in [2.75, 3.05) is 50.4 Å². The summed E-state index contributed by atoms with van der Waals surface area (Å²) in [5.41, 5.74) is 0.241. The molecule has 160 valence electrons. The molecule has 2 heterocycles. The summed E-state index contributed by atoms with van der Waals surface area (Å²) in [5, 5.41) is 17.1. The van der Waals surface area contributed by atoms with E-state index in [0.29, 0.717) is 0 Å². The molecule has 0 saturated carbocycles. The summed E-state index contributed by atoms with van der Waals surface area (Å²) in [5.74, 6) is -0.959. The van der Waals surface area contributed by atoms with Crippen molar-refractivity contribution in [2.45, 2.75) is 13.0 Å². The van der Waals surface area contributed by atoms with Crippen molar-refractivity contribution in [1.29, 1.82) is 0 Å². The van der Waals surface area contributed by atoms with Gasteiger partial charge in [-0.05, 0) is 6.07 Å². The van der Waals surface area contributed by atoms with Gasteiger partial charge in [0.25, 0.3) is 0 Å². The number of nitrogens with one attached hydrogen (secondary N) is 1. The van der Waals surface area contributed by atoms with Crippen LogP contribution in [0.3, 0.4) is 0 Å². The van der Waals surface area contributed by atoms with Crippen molar-refractivity contribution in [1.82, 2.24) is 15.0 Å². The highest BCUT2D eigenvalue weighted by molar-refractivity contribution is 7.79. The number of nitrogens with zero attached hydrogens (tertiary/aromatic N) is 3. The number of carbonyl (C=O) groups is 2. The van der Waals surface area contributed by atoms with Gasteiger partial charge in [0.2, 0.25) is 5.91 Å². The van der Waals surface area contributed by atoms with E-state index in [-0.39, 0.29) is 56.6 Å². The van der Waals surface area contributed by atoms with E-state index in [1.165, 1.54) is 35.3 Å². The third kappa shape index (κ3) is 5.08. The Morgan fingerprint density at radius 2 is 2.14 bits per heavy atom. The number of rotatable bonds is 6. The fraction of sp³-hybridized carbons (Fsp3) is 0.529. The van der Waals surface area contributed by atoms with Crippen LogP contribution in [0.25, 0.3) is 0 Å². The zero-order chi connectivity index (χ0) is 21.2. The molecular weight excluding hydrogens is 407 g/mol. The number of quaternary nitrogens is 1. The monoisotopic (exact) mass is 430 g/mol. The number of hydrogen-bond donors (Lipinski definition) is 1. The Kier molecular flexibility index (Phi) is 6.49. The first-order chi connectivity index (χ1) is 13.7. The second-order valence-electron chi connectivity index (χ2n) is 6.93. The SMILES string of the molecule is CC(=O)NC[C@H]1CN(c2ccc([N+]3([O-])CCN(OS(C)=O)CC3)c(F)c2)C(=O)O1. The average Bonchev–Trinajstić information content (AvgIpc) is 3.02. The zero-order valence-corrected chi connectivity index (χ0v) is 16.9. The Balaban J connectivity index is 1.68. The van der Waals surface area contributed by atoms with Crippen LogP contribution in [0.5, 0.6) is 0 Å². The van der Waals surface area contributed by atoms with Gasteiger partial charge in [-0.3, -0.25) is 9.69 Å². The summed E-state index contributed by atoms with van der Waals surface area (Å²) >= 11 is -1.48. The quantitative estimate of drug-likeness (QED) is 0.521. The van der Waals surface area contributed by atoms with E-state index >= 15 is 0 Å². The fourth-order valence-corrected chi connectivity index (χ4v) is 3.77. The van der Waals surface area contributed by atoms with Crippen LogP contribution in [-0.4, -0.2) is 72.9 Å². The van der Waals surface area contributed by atoms with Crippen LogP contribution in [0.2, 0.25) is 0 Å². The van der Waals surface area contributed by atoms with Crippen molar-refractivity contribution in [3.8, 4) is 0 Å². The Morgan fingerprint density at radius 3 is 2.72 bits per heavy atom. The molecule has 10 nitrogen and oxygen atoms in total. The second kappa shape index (κ2) is 8.71. The van der Waals surface area contributed by atoms with Gasteiger partial charge >= 0.3 is 6.09 Å². The number of amides is 2. The van der Waals surface area contributed by atoms with Gasteiger partial charge in [-0.25, -0.2) is 13.4 Å². The number of halogens is 1. The van der Waals surface area contributed by atoms with E-state index in [1.807, 2.05) is 0 Å². The number of ether oxygens (including phenoxy) is 1. The molecule has 2 fully saturated rings. The van der Waals surface area contributed by atoms with Gasteiger partial charge in [0.15, 0.2) is 22.6 Å². The molecule has 2 amide bonds. The number of anilines is 1. The van der Waals surface area contributed by atoms with Crippen LogP contribution in [0.4, 0.5) is 20.6 Å². The molecule has 0 spiro atoms. The lowest BCUT2D eigenvalue weighted by molar-refractivity contribution is -0.119. The van der Waals surface area contributed by atoms with Crippen LogP contribution >= 0.6 is 0 Å². The van der Waals surface area contributed by atoms with E-state index < -0.39 is 33.7 Å². The first-order valence-electron chi connectivity index (χ1n) is 9.05. The predicted molar refractivity (Wildman–Crippen MR) is 104 cm³/mol. The second-order valence-corrected chi connectivity index (χ2v) is 7.88. The van der Waals surface area contributed by atoms with Crippen molar-refractivity contribution in [3.63, 3.8) is 0 Å². The molecule has 2 atom stereocenters. The van der Waals surface area contributed by atoms with Crippen LogP contribution in [0.1, 0.15) is 6.92 Å². The largest absolute Gasteiger partial charge is 0.627 e. The van der Waals surface area contributed by atoms with E-state index in [4.69, 9.17) is 9.02 Å². The molecule has 29 heavy (non-hydrogen) atoms. The number of benzene rings is 1. The van der Waals surface area contributed by atoms with Gasteiger partial charge < -0.3 is 19.9 Å². The lowest BCUT2D eigenvalue weighted by atomic mass is 10.2. The molecule has 1 aromatic carbocycles. The summed E-state index contributed by atoms with van der Waals surface area (Å²) in [4.78, 5) is 24.3. The van der Waals surface area contributed by atoms with Crippen LogP contribution in [-0.2, 0) is 24.9 Å². The number of hydroxylamine groups is 4. The highest BCUT2D eigenvalue weighted by atomic mass is 32.2. The van der Waals surface area contributed by atoms with Gasteiger partial charge in [-0.2, -0.15) is 9.35 Å². The molecule has 1 unspecified atom stereocenters. The minimum absolute atomic E-state index is 0.0339. The number of carbonyl (C=O) groups excluding carboxylic acids is 2. The van der Waals surface area contributed by atoms with Gasteiger partial charge in [-0.15, -0.1) is 0 Å². The Labute approximate surface area is 169 Å². The van der Waals surface area contributed by atoms with E-state index in [0.717, 1.165) is 6.07 Å². The first kappa shape index (κ1) is 21.6. The summed E-state index contributed by atoms with van der Waals surface area (Å²) in [6.45, 7) is 2.20.